The van der Waals surface area contributed by atoms with Crippen molar-refractivity contribution in [3.8, 4) is 0 Å². The fourth-order valence-corrected chi connectivity index (χ4v) is 2.48. The average molecular weight is 276 g/mol. The molecular weight excluding hydrogens is 265 g/mol. The van der Waals surface area contributed by atoms with Crippen molar-refractivity contribution in [2.24, 2.45) is 7.05 Å². The van der Waals surface area contributed by atoms with Crippen LogP contribution in [0.25, 0.3) is 0 Å². The summed E-state index contributed by atoms with van der Waals surface area (Å²) in [6.07, 6.45) is -1.42. The molecule has 1 atom stereocenters. The second-order valence-corrected chi connectivity index (χ2v) is 4.76. The van der Waals surface area contributed by atoms with Gasteiger partial charge in [0.15, 0.2) is 5.01 Å². The first-order chi connectivity index (χ1) is 8.41. The first-order valence-corrected chi connectivity index (χ1v) is 5.93. The van der Waals surface area contributed by atoms with Crippen LogP contribution in [0.4, 0.5) is 13.2 Å². The van der Waals surface area contributed by atoms with Gasteiger partial charge in [-0.25, -0.2) is 4.98 Å². The SMILES string of the molecule is CNC(c1ccn(C)n1)c1cnc(C(F)(F)F)s1. The number of nitrogens with one attached hydrogen (secondary N) is 1. The summed E-state index contributed by atoms with van der Waals surface area (Å²) in [5, 5.41) is 6.28. The van der Waals surface area contributed by atoms with E-state index in [4.69, 9.17) is 0 Å². The highest BCUT2D eigenvalue weighted by Gasteiger charge is 2.35. The lowest BCUT2D eigenvalue weighted by Crippen LogP contribution is -2.17. The first kappa shape index (κ1) is 13.0. The minimum atomic E-state index is -4.40. The summed E-state index contributed by atoms with van der Waals surface area (Å²) in [4.78, 5) is 3.90. The van der Waals surface area contributed by atoms with Gasteiger partial charge in [0, 0.05) is 24.3 Å². The lowest BCUT2D eigenvalue weighted by Gasteiger charge is -2.10. The molecule has 2 rings (SSSR count). The fourth-order valence-electron chi connectivity index (χ4n) is 1.57. The largest absolute Gasteiger partial charge is 0.443 e. The standard InChI is InChI=1S/C10H11F3N4S/c1-14-8(6-3-4-17(2)16-6)7-5-15-9(18-7)10(11,12)13/h3-5,8,14H,1-2H3. The zero-order valence-corrected chi connectivity index (χ0v) is 10.5. The van der Waals surface area contributed by atoms with Gasteiger partial charge in [0.05, 0.1) is 11.7 Å². The van der Waals surface area contributed by atoms with E-state index in [1.807, 2.05) is 0 Å². The van der Waals surface area contributed by atoms with Crippen LogP contribution in [0.5, 0.6) is 0 Å². The average Bonchev–Trinajstić information content (AvgIpc) is 2.88. The third-order valence-corrected chi connectivity index (χ3v) is 3.48. The van der Waals surface area contributed by atoms with Crippen LogP contribution in [0.3, 0.4) is 0 Å². The maximum absolute atomic E-state index is 12.5. The number of hydrogen-bond acceptors (Lipinski definition) is 4. The van der Waals surface area contributed by atoms with Crippen LogP contribution >= 0.6 is 11.3 Å². The molecule has 4 nitrogen and oxygen atoms in total. The van der Waals surface area contributed by atoms with E-state index in [0.717, 1.165) is 0 Å². The molecule has 2 aromatic heterocycles. The second-order valence-electron chi connectivity index (χ2n) is 3.70. The van der Waals surface area contributed by atoms with Gasteiger partial charge in [0.25, 0.3) is 0 Å². The topological polar surface area (TPSA) is 42.7 Å². The Hall–Kier alpha value is -1.41. The first-order valence-electron chi connectivity index (χ1n) is 5.11. The van der Waals surface area contributed by atoms with Crippen molar-refractivity contribution in [3.05, 3.63) is 34.0 Å². The summed E-state index contributed by atoms with van der Waals surface area (Å²) < 4.78 is 39.1. The number of alkyl halides is 3. The van der Waals surface area contributed by atoms with Crippen molar-refractivity contribution in [3.63, 3.8) is 0 Å². The van der Waals surface area contributed by atoms with Crippen LogP contribution < -0.4 is 5.32 Å². The Morgan fingerprint density at radius 2 is 2.17 bits per heavy atom. The van der Waals surface area contributed by atoms with E-state index in [9.17, 15) is 13.2 Å². The lowest BCUT2D eigenvalue weighted by molar-refractivity contribution is -0.137. The van der Waals surface area contributed by atoms with E-state index in [1.165, 1.54) is 6.20 Å². The van der Waals surface area contributed by atoms with Gasteiger partial charge in [-0.1, -0.05) is 0 Å². The summed E-state index contributed by atoms with van der Waals surface area (Å²) in [5.74, 6) is 0. The Kier molecular flexibility index (Phi) is 3.40. The van der Waals surface area contributed by atoms with Gasteiger partial charge in [-0.3, -0.25) is 4.68 Å². The van der Waals surface area contributed by atoms with Crippen molar-refractivity contribution >= 4 is 11.3 Å². The van der Waals surface area contributed by atoms with E-state index in [2.05, 4.69) is 15.4 Å². The summed E-state index contributed by atoms with van der Waals surface area (Å²) in [6.45, 7) is 0. The maximum atomic E-state index is 12.5. The maximum Gasteiger partial charge on any atom is 0.443 e. The molecule has 0 amide bonds. The Balaban J connectivity index is 2.31. The number of hydrogen-bond donors (Lipinski definition) is 1. The van der Waals surface area contributed by atoms with Crippen molar-refractivity contribution in [2.75, 3.05) is 7.05 Å². The van der Waals surface area contributed by atoms with Crippen LogP contribution in [0, 0.1) is 0 Å². The molecular formula is C10H11F3N4S. The van der Waals surface area contributed by atoms with Gasteiger partial charge < -0.3 is 5.32 Å². The molecule has 1 unspecified atom stereocenters. The minimum Gasteiger partial charge on any atom is -0.307 e. The fraction of sp³-hybridized carbons (Fsp3) is 0.400. The molecule has 0 aliphatic rings. The molecule has 1 N–H and O–H groups in total. The molecule has 2 aromatic rings. The second kappa shape index (κ2) is 4.69. The monoisotopic (exact) mass is 276 g/mol. The van der Waals surface area contributed by atoms with Gasteiger partial charge in [0.2, 0.25) is 0 Å². The number of aryl methyl sites for hydroxylation is 1. The number of aromatic nitrogens is 3. The normalized spacial score (nSPS) is 13.8. The van der Waals surface area contributed by atoms with Gasteiger partial charge in [0.1, 0.15) is 0 Å². The predicted molar refractivity (Wildman–Crippen MR) is 61.2 cm³/mol. The van der Waals surface area contributed by atoms with Crippen molar-refractivity contribution in [1.29, 1.82) is 0 Å². The van der Waals surface area contributed by atoms with Gasteiger partial charge in [-0.2, -0.15) is 18.3 Å². The molecule has 8 heteroatoms. The molecule has 0 aliphatic heterocycles. The highest BCUT2D eigenvalue weighted by Crippen LogP contribution is 2.35. The molecule has 18 heavy (non-hydrogen) atoms. The summed E-state index contributed by atoms with van der Waals surface area (Å²) in [5.41, 5.74) is 0.664. The highest BCUT2D eigenvalue weighted by molar-refractivity contribution is 7.11. The van der Waals surface area contributed by atoms with Crippen LogP contribution in [0.15, 0.2) is 18.5 Å². The molecule has 0 fully saturated rings. The Morgan fingerprint density at radius 3 is 2.61 bits per heavy atom. The molecule has 2 heterocycles. The third-order valence-electron chi connectivity index (χ3n) is 2.37. The van der Waals surface area contributed by atoms with Gasteiger partial charge in [-0.15, -0.1) is 11.3 Å². The number of halogens is 3. The summed E-state index contributed by atoms with van der Waals surface area (Å²) >= 11 is 0.629. The molecule has 0 spiro atoms. The number of rotatable bonds is 3. The van der Waals surface area contributed by atoms with Crippen LogP contribution in [-0.2, 0) is 13.2 Å². The Labute approximate surface area is 105 Å². The van der Waals surface area contributed by atoms with E-state index in [1.54, 1.807) is 31.0 Å². The van der Waals surface area contributed by atoms with Crippen LogP contribution in [0.1, 0.15) is 21.6 Å². The van der Waals surface area contributed by atoms with Crippen molar-refractivity contribution < 1.29 is 13.2 Å². The van der Waals surface area contributed by atoms with E-state index in [0.29, 0.717) is 21.9 Å². The van der Waals surface area contributed by atoms with Gasteiger partial charge >= 0.3 is 6.18 Å². The quantitative estimate of drug-likeness (QED) is 0.934. The van der Waals surface area contributed by atoms with Crippen LogP contribution in [0.2, 0.25) is 0 Å². The van der Waals surface area contributed by atoms with Crippen molar-refractivity contribution in [1.82, 2.24) is 20.1 Å². The predicted octanol–water partition coefficient (Wildman–Crippen LogP) is 2.20. The van der Waals surface area contributed by atoms with E-state index < -0.39 is 11.2 Å². The molecule has 0 aromatic carbocycles. The minimum absolute atomic E-state index is 0.375. The molecule has 98 valence electrons. The van der Waals surface area contributed by atoms with Crippen molar-refractivity contribution in [2.45, 2.75) is 12.2 Å². The Bertz CT molecular complexity index is 531. The van der Waals surface area contributed by atoms with Gasteiger partial charge in [-0.05, 0) is 13.1 Å². The Morgan fingerprint density at radius 1 is 1.44 bits per heavy atom. The number of thiazole rings is 1. The van der Waals surface area contributed by atoms with Crippen LogP contribution in [-0.4, -0.2) is 21.8 Å². The smallest absolute Gasteiger partial charge is 0.307 e. The van der Waals surface area contributed by atoms with E-state index >= 15 is 0 Å². The summed E-state index contributed by atoms with van der Waals surface area (Å²) in [7, 11) is 3.43. The zero-order valence-electron chi connectivity index (χ0n) is 9.69. The summed E-state index contributed by atoms with van der Waals surface area (Å²) in [6, 6.07) is 1.38. The zero-order chi connectivity index (χ0) is 13.3. The third kappa shape index (κ3) is 2.54. The molecule has 0 bridgehead atoms. The lowest BCUT2D eigenvalue weighted by atomic mass is 10.2. The molecule has 0 aliphatic carbocycles. The molecule has 0 saturated carbocycles. The highest BCUT2D eigenvalue weighted by atomic mass is 32.1. The molecule has 0 radical (unpaired) electrons. The molecule has 0 saturated heterocycles. The number of nitrogens with zero attached hydrogens (tertiary/aromatic N) is 3. The van der Waals surface area contributed by atoms with E-state index in [-0.39, 0.29) is 6.04 Å².